The van der Waals surface area contributed by atoms with Crippen LogP contribution in [0.25, 0.3) is 0 Å². The van der Waals surface area contributed by atoms with Crippen molar-refractivity contribution in [3.05, 3.63) is 39.9 Å². The first kappa shape index (κ1) is 13.0. The number of carbonyl (C=O) groups excluding carboxylic acids is 1. The van der Waals surface area contributed by atoms with Gasteiger partial charge in [0.15, 0.2) is 0 Å². The highest BCUT2D eigenvalue weighted by atomic mass is 79.9. The van der Waals surface area contributed by atoms with E-state index >= 15 is 0 Å². The first-order valence-corrected chi connectivity index (χ1v) is 6.69. The Morgan fingerprint density at radius 1 is 1.44 bits per heavy atom. The van der Waals surface area contributed by atoms with Gasteiger partial charge in [0.2, 0.25) is 0 Å². The topological polar surface area (TPSA) is 72.2 Å². The van der Waals surface area contributed by atoms with Gasteiger partial charge in [0.25, 0.3) is 11.6 Å². The van der Waals surface area contributed by atoms with Crippen LogP contribution in [0.3, 0.4) is 0 Å². The number of halogens is 1. The van der Waals surface area contributed by atoms with Gasteiger partial charge in [-0.2, -0.15) is 0 Å². The number of nitro benzene ring substituents is 1. The van der Waals surface area contributed by atoms with Crippen LogP contribution in [-0.4, -0.2) is 21.7 Å². The van der Waals surface area contributed by atoms with Gasteiger partial charge in [-0.15, -0.1) is 0 Å². The van der Waals surface area contributed by atoms with Crippen LogP contribution in [0.5, 0.6) is 0 Å². The quantitative estimate of drug-likeness (QED) is 0.530. The number of amides is 1. The second-order valence-corrected chi connectivity index (χ2v) is 5.51. The number of hydrogen-bond acceptors (Lipinski definition) is 3. The first-order valence-electron chi connectivity index (χ1n) is 5.77. The van der Waals surface area contributed by atoms with Crippen molar-refractivity contribution < 1.29 is 9.72 Å². The predicted octanol–water partition coefficient (Wildman–Crippen LogP) is 2.64. The molecule has 0 aromatic heterocycles. The van der Waals surface area contributed by atoms with Crippen LogP contribution in [0.2, 0.25) is 0 Å². The molecule has 0 bridgehead atoms. The van der Waals surface area contributed by atoms with E-state index in [1.54, 1.807) is 6.07 Å². The van der Waals surface area contributed by atoms with Crippen LogP contribution < -0.4 is 5.32 Å². The average Bonchev–Trinajstić information content (AvgIpc) is 2.75. The summed E-state index contributed by atoms with van der Waals surface area (Å²) in [5.74, 6) is -0.255. The number of nitrogens with one attached hydrogen (secondary N) is 1. The Morgan fingerprint density at radius 2 is 2.22 bits per heavy atom. The van der Waals surface area contributed by atoms with Gasteiger partial charge in [-0.05, 0) is 18.9 Å². The molecule has 1 N–H and O–H groups in total. The lowest BCUT2D eigenvalue weighted by Gasteiger charge is -2.15. The van der Waals surface area contributed by atoms with E-state index < -0.39 is 4.92 Å². The minimum Gasteiger partial charge on any atom is -0.348 e. The van der Waals surface area contributed by atoms with Crippen molar-refractivity contribution in [2.45, 2.75) is 30.1 Å². The number of nitro groups is 1. The van der Waals surface area contributed by atoms with E-state index in [1.165, 1.54) is 18.2 Å². The normalized spacial score (nSPS) is 22.7. The summed E-state index contributed by atoms with van der Waals surface area (Å²) in [6.07, 6.45) is 3.06. The molecule has 1 amide bonds. The van der Waals surface area contributed by atoms with Crippen LogP contribution in [-0.2, 0) is 0 Å². The van der Waals surface area contributed by atoms with E-state index in [0.717, 1.165) is 19.3 Å². The van der Waals surface area contributed by atoms with Crippen LogP contribution in [0.15, 0.2) is 24.3 Å². The largest absolute Gasteiger partial charge is 0.348 e. The van der Waals surface area contributed by atoms with Crippen molar-refractivity contribution in [3.63, 3.8) is 0 Å². The second kappa shape index (κ2) is 5.48. The Morgan fingerprint density at radius 3 is 2.83 bits per heavy atom. The minimum atomic E-state index is -0.500. The summed E-state index contributed by atoms with van der Waals surface area (Å²) in [6, 6.07) is 5.89. The molecule has 5 nitrogen and oxygen atoms in total. The predicted molar refractivity (Wildman–Crippen MR) is 70.9 cm³/mol. The maximum atomic E-state index is 12.0. The molecule has 1 aliphatic rings. The Kier molecular flexibility index (Phi) is 3.96. The van der Waals surface area contributed by atoms with Crippen LogP contribution >= 0.6 is 15.9 Å². The van der Waals surface area contributed by atoms with E-state index in [-0.39, 0.29) is 17.6 Å². The van der Waals surface area contributed by atoms with Crippen molar-refractivity contribution in [3.8, 4) is 0 Å². The zero-order valence-electron chi connectivity index (χ0n) is 9.64. The number of benzene rings is 1. The van der Waals surface area contributed by atoms with E-state index in [0.29, 0.717) is 10.4 Å². The van der Waals surface area contributed by atoms with Gasteiger partial charge in [0.1, 0.15) is 0 Å². The number of carbonyl (C=O) groups is 1. The molecule has 0 aliphatic heterocycles. The maximum Gasteiger partial charge on any atom is 0.270 e. The molecule has 2 unspecified atom stereocenters. The van der Waals surface area contributed by atoms with Gasteiger partial charge in [-0.3, -0.25) is 14.9 Å². The van der Waals surface area contributed by atoms with E-state index in [1.807, 2.05) is 0 Å². The van der Waals surface area contributed by atoms with Crippen LogP contribution in [0.4, 0.5) is 5.69 Å². The number of hydrogen-bond donors (Lipinski definition) is 1. The van der Waals surface area contributed by atoms with Gasteiger partial charge in [-0.1, -0.05) is 28.4 Å². The number of rotatable bonds is 3. The maximum absolute atomic E-state index is 12.0. The lowest BCUT2D eigenvalue weighted by atomic mass is 10.1. The summed E-state index contributed by atoms with van der Waals surface area (Å²) in [6.45, 7) is 0. The standard InChI is InChI=1S/C12H13BrN2O3/c13-10-5-2-6-11(10)14-12(16)8-3-1-4-9(7-8)15(17)18/h1,3-4,7,10-11H,2,5-6H2,(H,14,16). The molecule has 0 heterocycles. The molecule has 2 atom stereocenters. The highest BCUT2D eigenvalue weighted by Gasteiger charge is 2.26. The van der Waals surface area contributed by atoms with Crippen LogP contribution in [0, 0.1) is 10.1 Å². The molecule has 1 aliphatic carbocycles. The molecule has 0 saturated heterocycles. The van der Waals surface area contributed by atoms with Gasteiger partial charge >= 0.3 is 0 Å². The van der Waals surface area contributed by atoms with E-state index in [9.17, 15) is 14.9 Å². The third-order valence-electron chi connectivity index (χ3n) is 3.07. The number of non-ortho nitro benzene ring substituents is 1. The fourth-order valence-corrected chi connectivity index (χ4v) is 2.81. The molecular formula is C12H13BrN2O3. The summed E-state index contributed by atoms with van der Waals surface area (Å²) in [5.41, 5.74) is 0.264. The molecule has 1 aromatic rings. The van der Waals surface area contributed by atoms with Crippen molar-refractivity contribution >= 4 is 27.5 Å². The lowest BCUT2D eigenvalue weighted by Crippen LogP contribution is -2.37. The van der Waals surface area contributed by atoms with Crippen molar-refractivity contribution in [1.82, 2.24) is 5.32 Å². The SMILES string of the molecule is O=C(NC1CCCC1Br)c1cccc([N+](=O)[O-])c1. The molecule has 18 heavy (non-hydrogen) atoms. The Hall–Kier alpha value is -1.43. The summed E-state index contributed by atoms with van der Waals surface area (Å²) in [7, 11) is 0. The Balaban J connectivity index is 2.09. The van der Waals surface area contributed by atoms with Gasteiger partial charge < -0.3 is 5.32 Å². The number of nitrogens with zero attached hydrogens (tertiary/aromatic N) is 1. The zero-order valence-corrected chi connectivity index (χ0v) is 11.2. The monoisotopic (exact) mass is 312 g/mol. The van der Waals surface area contributed by atoms with Crippen molar-refractivity contribution in [2.24, 2.45) is 0 Å². The lowest BCUT2D eigenvalue weighted by molar-refractivity contribution is -0.384. The molecular weight excluding hydrogens is 300 g/mol. The minimum absolute atomic E-state index is 0.0653. The fourth-order valence-electron chi connectivity index (χ4n) is 2.09. The van der Waals surface area contributed by atoms with Crippen LogP contribution in [0.1, 0.15) is 29.6 Å². The molecule has 1 fully saturated rings. The molecule has 96 valence electrons. The summed E-state index contributed by atoms with van der Waals surface area (Å²) in [5, 5.41) is 13.5. The highest BCUT2D eigenvalue weighted by Crippen LogP contribution is 2.26. The first-order chi connectivity index (χ1) is 8.58. The highest BCUT2D eigenvalue weighted by molar-refractivity contribution is 9.09. The van der Waals surface area contributed by atoms with Gasteiger partial charge in [0.05, 0.1) is 4.92 Å². The smallest absolute Gasteiger partial charge is 0.270 e. The Bertz CT molecular complexity index is 478. The summed E-state index contributed by atoms with van der Waals surface area (Å²) < 4.78 is 0. The third-order valence-corrected chi connectivity index (χ3v) is 4.16. The molecule has 0 radical (unpaired) electrons. The molecule has 2 rings (SSSR count). The summed E-state index contributed by atoms with van der Waals surface area (Å²) in [4.78, 5) is 22.4. The zero-order chi connectivity index (χ0) is 13.1. The van der Waals surface area contributed by atoms with E-state index in [4.69, 9.17) is 0 Å². The van der Waals surface area contributed by atoms with Gasteiger partial charge in [0, 0.05) is 28.6 Å². The van der Waals surface area contributed by atoms with E-state index in [2.05, 4.69) is 21.2 Å². The molecule has 6 heteroatoms. The number of alkyl halides is 1. The molecule has 1 aromatic carbocycles. The van der Waals surface area contributed by atoms with Crippen molar-refractivity contribution in [1.29, 1.82) is 0 Å². The van der Waals surface area contributed by atoms with Crippen molar-refractivity contribution in [2.75, 3.05) is 0 Å². The Labute approximate surface area is 113 Å². The molecule has 1 saturated carbocycles. The summed E-state index contributed by atoms with van der Waals surface area (Å²) >= 11 is 3.52. The third kappa shape index (κ3) is 2.87. The average molecular weight is 313 g/mol. The van der Waals surface area contributed by atoms with Gasteiger partial charge in [-0.25, -0.2) is 0 Å². The molecule has 0 spiro atoms. The fraction of sp³-hybridized carbons (Fsp3) is 0.417. The second-order valence-electron chi connectivity index (χ2n) is 4.33.